The van der Waals surface area contributed by atoms with E-state index in [0.29, 0.717) is 36.9 Å². The number of nitrogens with zero attached hydrogens (tertiary/aromatic N) is 4. The lowest BCUT2D eigenvalue weighted by atomic mass is 10.0. The Morgan fingerprint density at radius 3 is 2.67 bits per heavy atom. The van der Waals surface area contributed by atoms with E-state index in [0.717, 1.165) is 12.8 Å². The molecule has 2 aromatic heterocycles. The summed E-state index contributed by atoms with van der Waals surface area (Å²) in [5.74, 6) is -3.56. The Morgan fingerprint density at radius 1 is 1.12 bits per heavy atom. The molecule has 4 amide bonds. The van der Waals surface area contributed by atoms with Crippen LogP contribution in [0.2, 0.25) is 0 Å². The predicted molar refractivity (Wildman–Crippen MR) is 182 cm³/mol. The second kappa shape index (κ2) is 13.6. The Kier molecular flexibility index (Phi) is 9.25. The molecule has 1 saturated heterocycles. The van der Waals surface area contributed by atoms with Gasteiger partial charge in [0.2, 0.25) is 27.7 Å². The molecule has 0 spiro atoms. The first-order chi connectivity index (χ1) is 24.8. The molecular formula is C35H40FN7O8S. The van der Waals surface area contributed by atoms with Gasteiger partial charge in [-0.2, -0.15) is 0 Å². The molecule has 3 fully saturated rings. The first kappa shape index (κ1) is 35.5. The van der Waals surface area contributed by atoms with Crippen LogP contribution in [0.15, 0.2) is 47.2 Å². The molecule has 7 rings (SSSR count). The van der Waals surface area contributed by atoms with E-state index in [1.165, 1.54) is 35.4 Å². The number of rotatable bonds is 7. The number of allylic oxidation sites excluding steroid dienone is 1. The van der Waals surface area contributed by atoms with Crippen LogP contribution in [0.25, 0.3) is 11.0 Å². The Bertz CT molecular complexity index is 2050. The van der Waals surface area contributed by atoms with Crippen molar-refractivity contribution in [3.8, 4) is 5.88 Å². The number of aryl methyl sites for hydroxylation is 1. The summed E-state index contributed by atoms with van der Waals surface area (Å²) in [6.45, 7) is 3.15. The van der Waals surface area contributed by atoms with Gasteiger partial charge < -0.3 is 24.8 Å². The number of carbonyl (C=O) groups excluding carboxylic acids is 4. The van der Waals surface area contributed by atoms with Crippen molar-refractivity contribution in [3.05, 3.63) is 59.9 Å². The lowest BCUT2D eigenvalue weighted by molar-refractivity contribution is -0.141. The topological polar surface area (TPSA) is 203 Å². The van der Waals surface area contributed by atoms with Gasteiger partial charge in [-0.25, -0.2) is 22.8 Å². The molecule has 5 atom stereocenters. The van der Waals surface area contributed by atoms with E-state index in [4.69, 9.17) is 9.26 Å². The maximum absolute atomic E-state index is 14.4. The number of carbonyl (C=O) groups is 4. The summed E-state index contributed by atoms with van der Waals surface area (Å²) in [6.07, 6.45) is 8.20. The van der Waals surface area contributed by atoms with Gasteiger partial charge in [0.25, 0.3) is 11.8 Å². The molecule has 4 heterocycles. The minimum absolute atomic E-state index is 0.0183. The van der Waals surface area contributed by atoms with Crippen molar-refractivity contribution in [2.24, 2.45) is 5.92 Å². The molecule has 1 aromatic carbocycles. The van der Waals surface area contributed by atoms with Gasteiger partial charge in [-0.1, -0.05) is 30.2 Å². The summed E-state index contributed by atoms with van der Waals surface area (Å²) in [5.41, 5.74) is -0.445. The van der Waals surface area contributed by atoms with Crippen molar-refractivity contribution in [2.45, 2.75) is 100 Å². The highest BCUT2D eigenvalue weighted by atomic mass is 32.2. The maximum Gasteiger partial charge on any atom is 0.274 e. The highest BCUT2D eigenvalue weighted by Crippen LogP contribution is 2.47. The fraction of sp³-hybridized carbons (Fsp3) is 0.514. The highest BCUT2D eigenvalue weighted by molar-refractivity contribution is 7.91. The quantitative estimate of drug-likeness (QED) is 0.301. The maximum atomic E-state index is 14.4. The molecule has 1 unspecified atom stereocenters. The minimum atomic E-state index is -4.01. The second-order valence-corrected chi connectivity index (χ2v) is 16.6. The molecule has 276 valence electrons. The van der Waals surface area contributed by atoms with Crippen LogP contribution < -0.4 is 20.1 Å². The van der Waals surface area contributed by atoms with Gasteiger partial charge in [0.05, 0.1) is 22.3 Å². The van der Waals surface area contributed by atoms with Crippen molar-refractivity contribution >= 4 is 44.7 Å². The van der Waals surface area contributed by atoms with Gasteiger partial charge >= 0.3 is 0 Å². The minimum Gasteiger partial charge on any atom is -0.471 e. The van der Waals surface area contributed by atoms with Gasteiger partial charge in [-0.15, -0.1) is 0 Å². The number of hydrogen-bond acceptors (Lipinski definition) is 11. The molecule has 4 aliphatic rings. The van der Waals surface area contributed by atoms with Gasteiger partial charge in [0.15, 0.2) is 5.69 Å². The van der Waals surface area contributed by atoms with E-state index in [1.54, 1.807) is 13.8 Å². The van der Waals surface area contributed by atoms with Crippen molar-refractivity contribution < 1.29 is 41.2 Å². The smallest absolute Gasteiger partial charge is 0.274 e. The molecular weight excluding hydrogens is 697 g/mol. The number of ether oxygens (including phenoxy) is 1. The highest BCUT2D eigenvalue weighted by Gasteiger charge is 2.63. The lowest BCUT2D eigenvalue weighted by Crippen LogP contribution is -2.58. The van der Waals surface area contributed by atoms with E-state index in [9.17, 15) is 32.0 Å². The summed E-state index contributed by atoms with van der Waals surface area (Å²) in [4.78, 5) is 65.8. The van der Waals surface area contributed by atoms with Gasteiger partial charge in [0.1, 0.15) is 41.5 Å². The molecule has 17 heteroatoms. The van der Waals surface area contributed by atoms with Gasteiger partial charge in [0, 0.05) is 24.5 Å². The second-order valence-electron chi connectivity index (χ2n) is 14.4. The number of halogens is 1. The average molecular weight is 738 g/mol. The molecule has 15 nitrogen and oxygen atoms in total. The molecule has 2 saturated carbocycles. The number of hydrogen-bond donors (Lipinski definition) is 3. The third kappa shape index (κ3) is 6.97. The third-order valence-corrected chi connectivity index (χ3v) is 12.6. The van der Waals surface area contributed by atoms with Crippen LogP contribution in [0.4, 0.5) is 4.39 Å². The summed E-state index contributed by atoms with van der Waals surface area (Å²) >= 11 is 0. The zero-order chi connectivity index (χ0) is 36.8. The SMILES string of the molecule is Cc1nc2ccc(F)cc2nc1O[C@@H]1C[C@H]2C(=O)N[C@]3(C(=O)NS(=O)(=O)C4(C)CC4)CC3/C=C\CCCCC[C@H](NC(=O)c3ccon3)C(=O)N2C1. The number of amides is 4. The Balaban J connectivity index is 1.19. The summed E-state index contributed by atoms with van der Waals surface area (Å²) in [7, 11) is -4.01. The molecule has 0 bridgehead atoms. The van der Waals surface area contributed by atoms with E-state index in [-0.39, 0.29) is 42.9 Å². The van der Waals surface area contributed by atoms with E-state index < -0.39 is 73.9 Å². The Labute approximate surface area is 299 Å². The number of sulfonamides is 1. The number of aromatic nitrogens is 3. The zero-order valence-corrected chi connectivity index (χ0v) is 29.6. The molecule has 3 N–H and O–H groups in total. The van der Waals surface area contributed by atoms with Crippen LogP contribution in [0, 0.1) is 18.7 Å². The van der Waals surface area contributed by atoms with Crippen LogP contribution in [0.3, 0.4) is 0 Å². The fourth-order valence-electron chi connectivity index (χ4n) is 6.88. The van der Waals surface area contributed by atoms with Crippen molar-refractivity contribution in [1.29, 1.82) is 0 Å². The number of nitrogens with one attached hydrogen (secondary N) is 3. The van der Waals surface area contributed by atoms with Crippen molar-refractivity contribution in [1.82, 2.24) is 35.4 Å². The van der Waals surface area contributed by atoms with E-state index >= 15 is 0 Å². The average Bonchev–Trinajstić information content (AvgIpc) is 3.84. The monoisotopic (exact) mass is 737 g/mol. The van der Waals surface area contributed by atoms with Crippen LogP contribution in [0.5, 0.6) is 5.88 Å². The van der Waals surface area contributed by atoms with Crippen LogP contribution in [-0.4, -0.2) is 87.1 Å². The fourth-order valence-corrected chi connectivity index (χ4v) is 8.19. The Hall–Kier alpha value is -4.93. The van der Waals surface area contributed by atoms with Crippen molar-refractivity contribution in [3.63, 3.8) is 0 Å². The molecule has 52 heavy (non-hydrogen) atoms. The van der Waals surface area contributed by atoms with E-state index in [1.807, 2.05) is 12.2 Å². The first-order valence-corrected chi connectivity index (χ1v) is 18.9. The summed E-state index contributed by atoms with van der Waals surface area (Å²) in [5, 5.41) is 9.26. The van der Waals surface area contributed by atoms with Gasteiger partial charge in [-0.05, 0) is 64.5 Å². The summed E-state index contributed by atoms with van der Waals surface area (Å²) in [6, 6.07) is 3.15. The largest absolute Gasteiger partial charge is 0.471 e. The molecule has 2 aliphatic heterocycles. The molecule has 2 aliphatic carbocycles. The third-order valence-electron chi connectivity index (χ3n) is 10.5. The van der Waals surface area contributed by atoms with Crippen LogP contribution in [-0.2, 0) is 24.4 Å². The first-order valence-electron chi connectivity index (χ1n) is 17.5. The summed E-state index contributed by atoms with van der Waals surface area (Å²) < 4.78 is 52.4. The molecule has 0 radical (unpaired) electrons. The standard InChI is InChI=1S/C35H40FN7O8S/c1-20-31(39-27-16-22(36)10-11-24(27)37-20)51-23-17-28-30(45)40-35(33(47)42-52(48,49)34(2)13-14-34)18-21(35)8-6-4-3-5-7-9-26(32(46)43(28)19-23)38-29(44)25-12-15-50-41-25/h6,8,10-12,15-16,21,23,26,28H,3-5,7,9,13-14,17-19H2,1-2H3,(H,38,44)(H,40,45)(H,42,47)/b8-6-/t21?,23-,26+,28+,35-/m1/s1. The normalized spacial score (nSPS) is 28.0. The number of benzene rings is 1. The van der Waals surface area contributed by atoms with Crippen molar-refractivity contribution in [2.75, 3.05) is 6.54 Å². The zero-order valence-electron chi connectivity index (χ0n) is 28.8. The van der Waals surface area contributed by atoms with Crippen LogP contribution in [0.1, 0.15) is 80.9 Å². The number of fused-ring (bicyclic) bond motifs is 3. The lowest BCUT2D eigenvalue weighted by Gasteiger charge is -2.30. The van der Waals surface area contributed by atoms with E-state index in [2.05, 4.69) is 30.5 Å². The predicted octanol–water partition coefficient (Wildman–Crippen LogP) is 2.61. The Morgan fingerprint density at radius 2 is 1.92 bits per heavy atom. The van der Waals surface area contributed by atoms with Gasteiger partial charge in [-0.3, -0.25) is 23.9 Å². The molecule has 3 aromatic rings. The van der Waals surface area contributed by atoms with Crippen LogP contribution >= 0.6 is 0 Å².